The van der Waals surface area contributed by atoms with E-state index in [-0.39, 0.29) is 35.9 Å². The SMILES string of the molecule is CN=C(NCC(NC(=O)OC(C)(C)C)c1ccccc1)NCC1(C(=O)N(C)C)CCCC1.I. The van der Waals surface area contributed by atoms with Gasteiger partial charge in [0, 0.05) is 34.2 Å². The van der Waals surface area contributed by atoms with Crippen molar-refractivity contribution in [3.05, 3.63) is 35.9 Å². The lowest BCUT2D eigenvalue weighted by molar-refractivity contribution is -0.138. The van der Waals surface area contributed by atoms with Crippen LogP contribution < -0.4 is 16.0 Å². The highest BCUT2D eigenvalue weighted by Crippen LogP contribution is 2.38. The molecule has 0 radical (unpaired) electrons. The predicted octanol–water partition coefficient (Wildman–Crippen LogP) is 3.68. The van der Waals surface area contributed by atoms with E-state index in [0.29, 0.717) is 19.0 Å². The van der Waals surface area contributed by atoms with Crippen molar-refractivity contribution >= 4 is 41.9 Å². The van der Waals surface area contributed by atoms with Gasteiger partial charge in [-0.25, -0.2) is 4.79 Å². The van der Waals surface area contributed by atoms with E-state index < -0.39 is 17.1 Å². The van der Waals surface area contributed by atoms with Crippen molar-refractivity contribution < 1.29 is 14.3 Å². The lowest BCUT2D eigenvalue weighted by Crippen LogP contribution is -2.50. The molecule has 0 heterocycles. The molecule has 3 N–H and O–H groups in total. The number of guanidine groups is 1. The number of hydrogen-bond donors (Lipinski definition) is 3. The molecule has 1 aliphatic carbocycles. The van der Waals surface area contributed by atoms with Gasteiger partial charge in [0.2, 0.25) is 5.91 Å². The van der Waals surface area contributed by atoms with Crippen molar-refractivity contribution in [1.29, 1.82) is 0 Å². The highest BCUT2D eigenvalue weighted by molar-refractivity contribution is 14.0. The minimum Gasteiger partial charge on any atom is -0.444 e. The number of hydrogen-bond acceptors (Lipinski definition) is 4. The number of rotatable bonds is 7. The van der Waals surface area contributed by atoms with Crippen molar-refractivity contribution in [2.75, 3.05) is 34.2 Å². The fourth-order valence-corrected chi connectivity index (χ4v) is 4.05. The second kappa shape index (κ2) is 13.0. The van der Waals surface area contributed by atoms with Gasteiger partial charge < -0.3 is 25.6 Å². The number of halogens is 1. The van der Waals surface area contributed by atoms with Gasteiger partial charge in [-0.05, 0) is 39.2 Å². The summed E-state index contributed by atoms with van der Waals surface area (Å²) in [6, 6.07) is 9.41. The van der Waals surface area contributed by atoms with E-state index in [2.05, 4.69) is 20.9 Å². The molecular weight excluding hydrogens is 533 g/mol. The zero-order valence-electron chi connectivity index (χ0n) is 20.7. The highest BCUT2D eigenvalue weighted by Gasteiger charge is 2.42. The van der Waals surface area contributed by atoms with E-state index >= 15 is 0 Å². The van der Waals surface area contributed by atoms with E-state index in [0.717, 1.165) is 31.2 Å². The molecule has 1 fully saturated rings. The molecule has 1 aliphatic rings. The molecule has 1 saturated carbocycles. The van der Waals surface area contributed by atoms with Crippen LogP contribution in [0.5, 0.6) is 0 Å². The van der Waals surface area contributed by atoms with Gasteiger partial charge in [-0.3, -0.25) is 9.79 Å². The molecule has 186 valence electrons. The van der Waals surface area contributed by atoms with Crippen LogP contribution in [0.2, 0.25) is 0 Å². The lowest BCUT2D eigenvalue weighted by Gasteiger charge is -2.31. The van der Waals surface area contributed by atoms with E-state index in [4.69, 9.17) is 4.74 Å². The molecular formula is C24H40IN5O3. The maximum Gasteiger partial charge on any atom is 0.408 e. The zero-order chi connectivity index (χ0) is 23.8. The third kappa shape index (κ3) is 9.02. The zero-order valence-corrected chi connectivity index (χ0v) is 23.1. The lowest BCUT2D eigenvalue weighted by atomic mass is 9.84. The number of carbonyl (C=O) groups excluding carboxylic acids is 2. The summed E-state index contributed by atoms with van der Waals surface area (Å²) in [6.07, 6.45) is 3.39. The van der Waals surface area contributed by atoms with Crippen LogP contribution in [-0.2, 0) is 9.53 Å². The Morgan fingerprint density at radius 2 is 1.73 bits per heavy atom. The highest BCUT2D eigenvalue weighted by atomic mass is 127. The first-order valence-electron chi connectivity index (χ1n) is 11.3. The summed E-state index contributed by atoms with van der Waals surface area (Å²) in [7, 11) is 5.31. The Hall–Kier alpha value is -2.04. The monoisotopic (exact) mass is 573 g/mol. The molecule has 2 amide bonds. The summed E-state index contributed by atoms with van der Waals surface area (Å²) in [4.78, 5) is 31.2. The summed E-state index contributed by atoms with van der Waals surface area (Å²) >= 11 is 0. The molecule has 0 bridgehead atoms. The normalized spacial score (nSPS) is 16.2. The largest absolute Gasteiger partial charge is 0.444 e. The van der Waals surface area contributed by atoms with Crippen molar-refractivity contribution in [3.63, 3.8) is 0 Å². The smallest absolute Gasteiger partial charge is 0.408 e. The van der Waals surface area contributed by atoms with Gasteiger partial charge in [-0.2, -0.15) is 0 Å². The van der Waals surface area contributed by atoms with E-state index in [1.807, 2.05) is 65.2 Å². The number of carbonyl (C=O) groups is 2. The van der Waals surface area contributed by atoms with Crippen molar-refractivity contribution in [1.82, 2.24) is 20.9 Å². The number of ether oxygens (including phenoxy) is 1. The fraction of sp³-hybridized carbons (Fsp3) is 0.625. The molecule has 2 rings (SSSR count). The van der Waals surface area contributed by atoms with E-state index in [9.17, 15) is 9.59 Å². The van der Waals surface area contributed by atoms with Gasteiger partial charge >= 0.3 is 6.09 Å². The number of alkyl carbamates (subject to hydrolysis) is 1. The second-order valence-corrected chi connectivity index (χ2v) is 9.60. The summed E-state index contributed by atoms with van der Waals surface area (Å²) in [5.74, 6) is 0.751. The Morgan fingerprint density at radius 1 is 1.12 bits per heavy atom. The number of benzene rings is 1. The van der Waals surface area contributed by atoms with Crippen molar-refractivity contribution in [2.24, 2.45) is 10.4 Å². The average Bonchev–Trinajstić information content (AvgIpc) is 3.21. The summed E-state index contributed by atoms with van der Waals surface area (Å²) in [5, 5.41) is 9.56. The molecule has 0 aromatic heterocycles. The molecule has 1 aromatic carbocycles. The van der Waals surface area contributed by atoms with Crippen LogP contribution in [-0.4, -0.2) is 62.7 Å². The molecule has 8 nitrogen and oxygen atoms in total. The summed E-state index contributed by atoms with van der Waals surface area (Å²) in [6.45, 7) is 6.45. The maximum atomic E-state index is 12.8. The minimum atomic E-state index is -0.578. The molecule has 0 saturated heterocycles. The van der Waals surface area contributed by atoms with Crippen molar-refractivity contribution in [2.45, 2.75) is 58.1 Å². The number of nitrogens with zero attached hydrogens (tertiary/aromatic N) is 2. The van der Waals surface area contributed by atoms with Crippen LogP contribution in [0.1, 0.15) is 58.1 Å². The van der Waals surface area contributed by atoms with E-state index in [1.165, 1.54) is 0 Å². The maximum absolute atomic E-state index is 12.8. The van der Waals surface area contributed by atoms with Crippen LogP contribution in [0, 0.1) is 5.41 Å². The van der Waals surface area contributed by atoms with Gasteiger partial charge in [0.1, 0.15) is 5.60 Å². The van der Waals surface area contributed by atoms with E-state index in [1.54, 1.807) is 11.9 Å². The Morgan fingerprint density at radius 3 is 2.24 bits per heavy atom. The molecule has 1 aromatic rings. The summed E-state index contributed by atoms with van der Waals surface area (Å²) in [5.41, 5.74) is -0.0176. The van der Waals surface area contributed by atoms with Crippen LogP contribution in [0.4, 0.5) is 4.79 Å². The molecule has 1 atom stereocenters. The Kier molecular flexibility index (Phi) is 11.4. The van der Waals surface area contributed by atoms with Crippen LogP contribution in [0.3, 0.4) is 0 Å². The first kappa shape index (κ1) is 29.0. The quantitative estimate of drug-likeness (QED) is 0.263. The molecule has 33 heavy (non-hydrogen) atoms. The standard InChI is InChI=1S/C24H39N5O3.HI/c1-23(2,3)32-22(31)28-19(18-12-8-7-9-13-18)16-26-21(25-4)27-17-24(14-10-11-15-24)20(30)29(5)6;/h7-9,12-13,19H,10-11,14-17H2,1-6H3,(H,28,31)(H2,25,26,27);1H. The van der Waals surface area contributed by atoms with Gasteiger partial charge in [-0.15, -0.1) is 24.0 Å². The van der Waals surface area contributed by atoms with Gasteiger partial charge in [0.15, 0.2) is 5.96 Å². The molecule has 1 unspecified atom stereocenters. The Labute approximate surface area is 215 Å². The molecule has 0 spiro atoms. The van der Waals surface area contributed by atoms with Gasteiger partial charge in [0.05, 0.1) is 11.5 Å². The fourth-order valence-electron chi connectivity index (χ4n) is 4.05. The Balaban J connectivity index is 0.00000544. The number of nitrogens with one attached hydrogen (secondary N) is 3. The van der Waals surface area contributed by atoms with Crippen LogP contribution >= 0.6 is 24.0 Å². The van der Waals surface area contributed by atoms with Crippen molar-refractivity contribution in [3.8, 4) is 0 Å². The number of aliphatic imine (C=N–C) groups is 1. The average molecular weight is 574 g/mol. The molecule has 9 heteroatoms. The topological polar surface area (TPSA) is 95.1 Å². The molecule has 0 aliphatic heterocycles. The third-order valence-electron chi connectivity index (χ3n) is 5.60. The first-order chi connectivity index (χ1) is 15.1. The number of amides is 2. The van der Waals surface area contributed by atoms with Gasteiger partial charge in [0.25, 0.3) is 0 Å². The first-order valence-corrected chi connectivity index (χ1v) is 11.3. The van der Waals surface area contributed by atoms with Gasteiger partial charge in [-0.1, -0.05) is 43.2 Å². The minimum absolute atomic E-state index is 0. The van der Waals surface area contributed by atoms with Crippen LogP contribution in [0.15, 0.2) is 35.3 Å². The second-order valence-electron chi connectivity index (χ2n) is 9.60. The Bertz CT molecular complexity index is 787. The third-order valence-corrected chi connectivity index (χ3v) is 5.60. The van der Waals surface area contributed by atoms with Crippen LogP contribution in [0.25, 0.3) is 0 Å². The summed E-state index contributed by atoms with van der Waals surface area (Å²) < 4.78 is 5.43. The predicted molar refractivity (Wildman–Crippen MR) is 143 cm³/mol.